The highest BCUT2D eigenvalue weighted by Gasteiger charge is 2.11. The van der Waals surface area contributed by atoms with Crippen LogP contribution in [0.4, 0.5) is 0 Å². The lowest BCUT2D eigenvalue weighted by atomic mass is 10.1. The van der Waals surface area contributed by atoms with Crippen molar-refractivity contribution in [3.8, 4) is 17.5 Å². The van der Waals surface area contributed by atoms with Crippen LogP contribution in [0.2, 0.25) is 0 Å². The molecule has 0 saturated carbocycles. The molecule has 3 heterocycles. The van der Waals surface area contributed by atoms with Crippen molar-refractivity contribution >= 4 is 16.3 Å². The van der Waals surface area contributed by atoms with Crippen molar-refractivity contribution in [2.45, 2.75) is 6.54 Å². The van der Waals surface area contributed by atoms with Crippen LogP contribution in [0.1, 0.15) is 11.3 Å². The fraction of sp³-hybridized carbons (Fsp3) is 0.0625. The van der Waals surface area contributed by atoms with Crippen LogP contribution in [0.3, 0.4) is 0 Å². The van der Waals surface area contributed by atoms with Crippen LogP contribution < -0.4 is 5.56 Å². The van der Waals surface area contributed by atoms with Crippen molar-refractivity contribution < 1.29 is 0 Å². The van der Waals surface area contributed by atoms with Crippen LogP contribution in [-0.2, 0) is 6.54 Å². The quantitative estimate of drug-likeness (QED) is 0.571. The molecule has 0 aliphatic carbocycles. The highest BCUT2D eigenvalue weighted by molar-refractivity contribution is 7.15. The Bertz CT molecular complexity index is 1130. The second-order valence-electron chi connectivity index (χ2n) is 5.08. The Balaban J connectivity index is 1.74. The van der Waals surface area contributed by atoms with E-state index in [0.29, 0.717) is 28.6 Å². The summed E-state index contributed by atoms with van der Waals surface area (Å²) >= 11 is 1.40. The largest absolute Gasteiger partial charge is 0.269 e. The van der Waals surface area contributed by atoms with Gasteiger partial charge in [-0.05, 0) is 12.1 Å². The summed E-state index contributed by atoms with van der Waals surface area (Å²) in [5, 5.41) is 15.1. The first kappa shape index (κ1) is 14.3. The molecule has 0 amide bonds. The number of fused-ring (bicyclic) bond motifs is 1. The third kappa shape index (κ3) is 2.47. The number of nitrogens with zero attached hydrogens (tertiary/aromatic N) is 6. The van der Waals surface area contributed by atoms with Crippen molar-refractivity contribution in [3.63, 3.8) is 0 Å². The number of hydrogen-bond donors (Lipinski definition) is 0. The van der Waals surface area contributed by atoms with Gasteiger partial charge in [0.2, 0.25) is 0 Å². The lowest BCUT2D eigenvalue weighted by Gasteiger charge is -2.06. The summed E-state index contributed by atoms with van der Waals surface area (Å²) in [5.41, 5.74) is 1.84. The SMILES string of the molecule is N#Cc1cccc(-c2ncnn2Cc2cc(=O)n3ccsc3n2)c1. The molecule has 4 aromatic rings. The van der Waals surface area contributed by atoms with Crippen molar-refractivity contribution in [2.24, 2.45) is 0 Å². The molecular formula is C16H10N6OS. The second-order valence-corrected chi connectivity index (χ2v) is 5.95. The van der Waals surface area contributed by atoms with E-state index in [4.69, 9.17) is 5.26 Å². The zero-order valence-electron chi connectivity index (χ0n) is 12.3. The molecular weight excluding hydrogens is 324 g/mol. The van der Waals surface area contributed by atoms with Gasteiger partial charge in [-0.2, -0.15) is 10.4 Å². The third-order valence-corrected chi connectivity index (χ3v) is 4.29. The molecule has 7 nitrogen and oxygen atoms in total. The Labute approximate surface area is 140 Å². The standard InChI is InChI=1S/C16H10N6OS/c17-8-11-2-1-3-12(6-11)15-18-10-19-22(15)9-13-7-14(23)21-4-5-24-16(21)20-13/h1-7,10H,9H2. The zero-order valence-corrected chi connectivity index (χ0v) is 13.1. The third-order valence-electron chi connectivity index (χ3n) is 3.53. The van der Waals surface area contributed by atoms with Crippen LogP contribution in [0.25, 0.3) is 16.3 Å². The van der Waals surface area contributed by atoms with E-state index in [1.165, 1.54) is 28.1 Å². The fourth-order valence-corrected chi connectivity index (χ4v) is 3.19. The molecule has 0 spiro atoms. The van der Waals surface area contributed by atoms with Gasteiger partial charge in [-0.25, -0.2) is 14.6 Å². The topological polar surface area (TPSA) is 88.9 Å². The maximum atomic E-state index is 12.1. The van der Waals surface area contributed by atoms with Gasteiger partial charge in [0.05, 0.1) is 23.9 Å². The summed E-state index contributed by atoms with van der Waals surface area (Å²) in [7, 11) is 0. The van der Waals surface area contributed by atoms with E-state index in [0.717, 1.165) is 5.56 Å². The lowest BCUT2D eigenvalue weighted by molar-refractivity contribution is 0.677. The summed E-state index contributed by atoms with van der Waals surface area (Å²) in [4.78, 5) is 21.5. The normalized spacial score (nSPS) is 10.8. The molecule has 1 aromatic carbocycles. The van der Waals surface area contributed by atoms with Crippen LogP contribution >= 0.6 is 11.3 Å². The monoisotopic (exact) mass is 334 g/mol. The Morgan fingerprint density at radius 1 is 1.29 bits per heavy atom. The smallest absolute Gasteiger partial charge is 0.258 e. The van der Waals surface area contributed by atoms with Crippen molar-refractivity contribution in [1.82, 2.24) is 24.1 Å². The molecule has 0 aliphatic heterocycles. The predicted molar refractivity (Wildman–Crippen MR) is 88.6 cm³/mol. The van der Waals surface area contributed by atoms with Crippen LogP contribution in [0.15, 0.2) is 53.0 Å². The molecule has 0 bridgehead atoms. The maximum Gasteiger partial charge on any atom is 0.258 e. The van der Waals surface area contributed by atoms with Gasteiger partial charge in [0.25, 0.3) is 5.56 Å². The molecule has 0 N–H and O–H groups in total. The average Bonchev–Trinajstić information content (AvgIpc) is 3.24. The molecule has 0 fully saturated rings. The Hall–Kier alpha value is -3.31. The van der Waals surface area contributed by atoms with Gasteiger partial charge in [-0.1, -0.05) is 12.1 Å². The second kappa shape index (κ2) is 5.72. The van der Waals surface area contributed by atoms with Gasteiger partial charge in [0.15, 0.2) is 10.8 Å². The first-order chi connectivity index (χ1) is 11.7. The Kier molecular flexibility index (Phi) is 3.40. The Morgan fingerprint density at radius 2 is 2.21 bits per heavy atom. The number of hydrogen-bond acceptors (Lipinski definition) is 6. The van der Waals surface area contributed by atoms with E-state index in [-0.39, 0.29) is 5.56 Å². The van der Waals surface area contributed by atoms with Gasteiger partial charge < -0.3 is 0 Å². The average molecular weight is 334 g/mol. The summed E-state index contributed by atoms with van der Waals surface area (Å²) in [6.07, 6.45) is 3.15. The summed E-state index contributed by atoms with van der Waals surface area (Å²) in [6, 6.07) is 10.8. The van der Waals surface area contributed by atoms with Crippen molar-refractivity contribution in [2.75, 3.05) is 0 Å². The van der Waals surface area contributed by atoms with Gasteiger partial charge in [-0.15, -0.1) is 11.3 Å². The summed E-state index contributed by atoms with van der Waals surface area (Å²) < 4.78 is 3.18. The number of rotatable bonds is 3. The van der Waals surface area contributed by atoms with Crippen LogP contribution in [-0.4, -0.2) is 24.1 Å². The molecule has 0 atom stereocenters. The molecule has 0 saturated heterocycles. The number of benzene rings is 1. The highest BCUT2D eigenvalue weighted by atomic mass is 32.1. The molecule has 24 heavy (non-hydrogen) atoms. The van der Waals surface area contributed by atoms with E-state index < -0.39 is 0 Å². The number of nitriles is 1. The first-order valence-corrected chi connectivity index (χ1v) is 7.97. The minimum absolute atomic E-state index is 0.121. The van der Waals surface area contributed by atoms with Crippen LogP contribution in [0.5, 0.6) is 0 Å². The molecule has 4 rings (SSSR count). The molecule has 0 unspecified atom stereocenters. The highest BCUT2D eigenvalue weighted by Crippen LogP contribution is 2.18. The molecule has 0 radical (unpaired) electrons. The minimum Gasteiger partial charge on any atom is -0.269 e. The van der Waals surface area contributed by atoms with E-state index >= 15 is 0 Å². The molecule has 116 valence electrons. The van der Waals surface area contributed by atoms with E-state index in [1.807, 2.05) is 11.4 Å². The fourth-order valence-electron chi connectivity index (χ4n) is 2.45. The van der Waals surface area contributed by atoms with E-state index in [2.05, 4.69) is 21.1 Å². The molecule has 3 aromatic heterocycles. The van der Waals surface area contributed by atoms with Gasteiger partial charge >= 0.3 is 0 Å². The van der Waals surface area contributed by atoms with Crippen molar-refractivity contribution in [1.29, 1.82) is 5.26 Å². The maximum absolute atomic E-state index is 12.1. The summed E-state index contributed by atoms with van der Waals surface area (Å²) in [5.74, 6) is 0.625. The zero-order chi connectivity index (χ0) is 16.5. The molecule has 0 aliphatic rings. The van der Waals surface area contributed by atoms with E-state index in [1.54, 1.807) is 29.1 Å². The first-order valence-electron chi connectivity index (χ1n) is 7.09. The number of aromatic nitrogens is 5. The molecule has 8 heteroatoms. The van der Waals surface area contributed by atoms with Gasteiger partial charge in [0, 0.05) is 23.2 Å². The summed E-state index contributed by atoms with van der Waals surface area (Å²) in [6.45, 7) is 0.329. The van der Waals surface area contributed by atoms with Crippen LogP contribution in [0, 0.1) is 11.3 Å². The number of thiazole rings is 1. The Morgan fingerprint density at radius 3 is 3.08 bits per heavy atom. The van der Waals surface area contributed by atoms with E-state index in [9.17, 15) is 4.79 Å². The van der Waals surface area contributed by atoms with Gasteiger partial charge in [-0.3, -0.25) is 9.20 Å². The van der Waals surface area contributed by atoms with Crippen molar-refractivity contribution in [3.05, 3.63) is 69.8 Å². The van der Waals surface area contributed by atoms with Gasteiger partial charge in [0.1, 0.15) is 6.33 Å². The minimum atomic E-state index is -0.121. The predicted octanol–water partition coefficient (Wildman–Crippen LogP) is 1.93. The lowest BCUT2D eigenvalue weighted by Crippen LogP contribution is -2.15.